The molecule has 7 rings (SSSR count). The number of halogens is 1. The molecule has 14 heteroatoms. The van der Waals surface area contributed by atoms with E-state index in [4.69, 9.17) is 29.7 Å². The zero-order valence-electron chi connectivity index (χ0n) is 24.3. The van der Waals surface area contributed by atoms with Crippen LogP contribution in [0.1, 0.15) is 61.4 Å². The lowest BCUT2D eigenvalue weighted by atomic mass is 9.83. The minimum atomic E-state index is -1.08. The molecular formula is C29H35FN8O4S. The Kier molecular flexibility index (Phi) is 6.84. The van der Waals surface area contributed by atoms with Crippen molar-refractivity contribution in [1.82, 2.24) is 25.0 Å². The molecule has 0 saturated carbocycles. The SMILES string of the molecule is CC1(O)COCCN(c2cc(-c3noc(C4(C)CCc5sc(N)c(C#N)c54)n3)nc(OC[C@@]34CCCN3C[C@H](F)C4)n2)C1. The topological polar surface area (TPSA) is 160 Å². The van der Waals surface area contributed by atoms with Gasteiger partial charge in [-0.15, -0.1) is 11.3 Å². The van der Waals surface area contributed by atoms with Gasteiger partial charge in [-0.05, 0) is 46.1 Å². The maximum absolute atomic E-state index is 14.4. The molecule has 3 aromatic rings. The number of β-amino-alcohol motifs (C(OH)–C–C–N with tert-alkyl or cyclic N) is 1. The average Bonchev–Trinajstić information content (AvgIpc) is 3.76. The van der Waals surface area contributed by atoms with Gasteiger partial charge in [0.15, 0.2) is 0 Å². The molecule has 0 radical (unpaired) electrons. The van der Waals surface area contributed by atoms with Crippen LogP contribution >= 0.6 is 11.3 Å². The number of rotatable bonds is 6. The molecule has 228 valence electrons. The minimum absolute atomic E-state index is 0.124. The Balaban J connectivity index is 1.24. The van der Waals surface area contributed by atoms with Crippen LogP contribution < -0.4 is 15.4 Å². The third-order valence-electron chi connectivity index (χ3n) is 9.35. The summed E-state index contributed by atoms with van der Waals surface area (Å²) in [4.78, 5) is 19.3. The Morgan fingerprint density at radius 3 is 2.98 bits per heavy atom. The highest BCUT2D eigenvalue weighted by Crippen LogP contribution is 2.50. The number of hydrogen-bond acceptors (Lipinski definition) is 13. The van der Waals surface area contributed by atoms with Crippen molar-refractivity contribution in [2.45, 2.75) is 68.7 Å². The highest BCUT2D eigenvalue weighted by molar-refractivity contribution is 7.16. The number of aromatic nitrogens is 4. The van der Waals surface area contributed by atoms with E-state index in [0.717, 1.165) is 36.2 Å². The lowest BCUT2D eigenvalue weighted by Gasteiger charge is -2.31. The van der Waals surface area contributed by atoms with Crippen molar-refractivity contribution in [3.8, 4) is 23.6 Å². The van der Waals surface area contributed by atoms with Crippen LogP contribution in [0.2, 0.25) is 0 Å². The molecule has 12 nitrogen and oxygen atoms in total. The molecule has 6 heterocycles. The molecule has 43 heavy (non-hydrogen) atoms. The Labute approximate surface area is 252 Å². The Morgan fingerprint density at radius 1 is 1.28 bits per heavy atom. The number of anilines is 2. The molecule has 4 atom stereocenters. The Bertz CT molecular complexity index is 1590. The summed E-state index contributed by atoms with van der Waals surface area (Å²) in [5, 5.41) is 25.4. The fraction of sp³-hybridized carbons (Fsp3) is 0.621. The third kappa shape index (κ3) is 4.92. The van der Waals surface area contributed by atoms with Crippen molar-refractivity contribution in [3.05, 3.63) is 28.0 Å². The fourth-order valence-electron chi connectivity index (χ4n) is 7.22. The summed E-state index contributed by atoms with van der Waals surface area (Å²) in [7, 11) is 0. The van der Waals surface area contributed by atoms with Gasteiger partial charge in [0.05, 0.1) is 36.3 Å². The minimum Gasteiger partial charge on any atom is -0.461 e. The predicted octanol–water partition coefficient (Wildman–Crippen LogP) is 2.84. The van der Waals surface area contributed by atoms with Crippen molar-refractivity contribution < 1.29 is 23.5 Å². The van der Waals surface area contributed by atoms with Crippen molar-refractivity contribution in [2.75, 3.05) is 56.6 Å². The summed E-state index contributed by atoms with van der Waals surface area (Å²) < 4.78 is 32.1. The van der Waals surface area contributed by atoms with Gasteiger partial charge in [-0.25, -0.2) is 4.39 Å². The molecule has 3 N–H and O–H groups in total. The number of nitrogens with two attached hydrogens (primary N) is 1. The number of nitrogens with zero attached hydrogens (tertiary/aromatic N) is 7. The number of fused-ring (bicyclic) bond motifs is 2. The maximum Gasteiger partial charge on any atom is 0.319 e. The van der Waals surface area contributed by atoms with E-state index in [-0.39, 0.29) is 30.6 Å². The van der Waals surface area contributed by atoms with Gasteiger partial charge >= 0.3 is 6.01 Å². The summed E-state index contributed by atoms with van der Waals surface area (Å²) in [5.74, 6) is 1.16. The third-order valence-corrected chi connectivity index (χ3v) is 10.4. The first-order chi connectivity index (χ1) is 20.6. The first-order valence-electron chi connectivity index (χ1n) is 14.7. The van der Waals surface area contributed by atoms with Crippen molar-refractivity contribution >= 4 is 22.2 Å². The van der Waals surface area contributed by atoms with E-state index < -0.39 is 17.2 Å². The summed E-state index contributed by atoms with van der Waals surface area (Å²) in [5.41, 5.74) is 5.76. The van der Waals surface area contributed by atoms with Crippen LogP contribution in [0.15, 0.2) is 10.6 Å². The van der Waals surface area contributed by atoms with E-state index >= 15 is 0 Å². The summed E-state index contributed by atoms with van der Waals surface area (Å²) in [6, 6.07) is 4.13. The number of hydrogen-bond donors (Lipinski definition) is 2. The molecule has 0 aromatic carbocycles. The van der Waals surface area contributed by atoms with Crippen LogP contribution in [0, 0.1) is 11.3 Å². The number of alkyl halides is 1. The number of ether oxygens (including phenoxy) is 2. The van der Waals surface area contributed by atoms with E-state index in [9.17, 15) is 14.8 Å². The second kappa shape index (κ2) is 10.4. The van der Waals surface area contributed by atoms with E-state index in [2.05, 4.69) is 21.1 Å². The maximum atomic E-state index is 14.4. The predicted molar refractivity (Wildman–Crippen MR) is 156 cm³/mol. The van der Waals surface area contributed by atoms with E-state index in [0.29, 0.717) is 67.0 Å². The van der Waals surface area contributed by atoms with Crippen LogP contribution in [0.4, 0.5) is 15.2 Å². The average molecular weight is 611 g/mol. The normalized spacial score (nSPS) is 30.7. The molecule has 0 amide bonds. The zero-order chi connectivity index (χ0) is 30.0. The van der Waals surface area contributed by atoms with E-state index in [1.165, 1.54) is 11.3 Å². The molecule has 2 unspecified atom stereocenters. The molecule has 0 spiro atoms. The van der Waals surface area contributed by atoms with Crippen LogP contribution in [-0.2, 0) is 16.6 Å². The molecular weight excluding hydrogens is 575 g/mol. The summed E-state index contributed by atoms with van der Waals surface area (Å²) >= 11 is 1.44. The van der Waals surface area contributed by atoms with Gasteiger partial charge in [0.1, 0.15) is 41.0 Å². The first kappa shape index (κ1) is 28.4. The number of thiophene rings is 1. The number of nitriles is 1. The van der Waals surface area contributed by atoms with Crippen molar-refractivity contribution in [2.24, 2.45) is 0 Å². The molecule has 3 fully saturated rings. The quantitative estimate of drug-likeness (QED) is 0.421. The molecule has 3 aliphatic heterocycles. The largest absolute Gasteiger partial charge is 0.461 e. The molecule has 3 aromatic heterocycles. The van der Waals surface area contributed by atoms with Crippen LogP contribution in [0.3, 0.4) is 0 Å². The Morgan fingerprint density at radius 2 is 2.14 bits per heavy atom. The van der Waals surface area contributed by atoms with E-state index in [1.807, 2.05) is 11.8 Å². The second-order valence-electron chi connectivity index (χ2n) is 12.7. The van der Waals surface area contributed by atoms with Gasteiger partial charge in [0, 0.05) is 36.0 Å². The highest BCUT2D eigenvalue weighted by Gasteiger charge is 2.49. The van der Waals surface area contributed by atoms with Gasteiger partial charge < -0.3 is 29.7 Å². The number of aryl methyl sites for hydroxylation is 1. The van der Waals surface area contributed by atoms with Crippen molar-refractivity contribution in [1.29, 1.82) is 5.26 Å². The zero-order valence-corrected chi connectivity index (χ0v) is 25.1. The lowest BCUT2D eigenvalue weighted by Crippen LogP contribution is -2.43. The second-order valence-corrected chi connectivity index (χ2v) is 13.9. The van der Waals surface area contributed by atoms with Crippen LogP contribution in [0.25, 0.3) is 11.5 Å². The monoisotopic (exact) mass is 610 g/mol. The number of aliphatic hydroxyl groups is 1. The first-order valence-corrected chi connectivity index (χ1v) is 15.5. The molecule has 3 saturated heterocycles. The number of nitrogen functional groups attached to an aromatic ring is 1. The smallest absolute Gasteiger partial charge is 0.319 e. The fourth-order valence-corrected chi connectivity index (χ4v) is 8.37. The van der Waals surface area contributed by atoms with Crippen molar-refractivity contribution in [3.63, 3.8) is 0 Å². The standard InChI is InChI=1S/C29H35FN8O4S/c1-27(39)14-37(8-9-40-15-27)21-10-19(33-26(34-21)41-16-29-5-3-7-38(29)13-17(30)11-29)24-35-25(42-36-24)28(2)6-4-20-22(28)18(12-31)23(32)43-20/h10,17,39H,3-9,11,13-16,32H2,1-2H3/t17-,27?,28?,29+/m1/s1. The molecule has 4 aliphatic rings. The van der Waals surface area contributed by atoms with Gasteiger partial charge in [-0.3, -0.25) is 4.90 Å². The lowest BCUT2D eigenvalue weighted by molar-refractivity contribution is -0.0123. The van der Waals surface area contributed by atoms with Gasteiger partial charge in [-0.1, -0.05) is 5.16 Å². The molecule has 1 aliphatic carbocycles. The van der Waals surface area contributed by atoms with Gasteiger partial charge in [0.25, 0.3) is 0 Å². The van der Waals surface area contributed by atoms with Crippen LogP contribution in [0.5, 0.6) is 6.01 Å². The molecule has 0 bridgehead atoms. The summed E-state index contributed by atoms with van der Waals surface area (Å²) in [6.45, 7) is 6.69. The summed E-state index contributed by atoms with van der Waals surface area (Å²) in [6.07, 6.45) is 2.90. The highest BCUT2D eigenvalue weighted by atomic mass is 32.1. The van der Waals surface area contributed by atoms with Gasteiger partial charge in [-0.2, -0.15) is 20.2 Å². The van der Waals surface area contributed by atoms with Gasteiger partial charge in [0.2, 0.25) is 11.7 Å². The van der Waals surface area contributed by atoms with E-state index in [1.54, 1.807) is 13.0 Å². The Hall–Kier alpha value is -3.38. The van der Waals surface area contributed by atoms with Crippen LogP contribution in [-0.4, -0.2) is 93.4 Å².